The Labute approximate surface area is 117 Å². The molecule has 0 saturated carbocycles. The Bertz CT molecular complexity index is 599. The SMILES string of the molecule is C[Si](C)(C)C#C/C=C1/CCC=C1OS(=O)(=O)C(F)(F)F. The van der Waals surface area contributed by atoms with E-state index in [4.69, 9.17) is 0 Å². The van der Waals surface area contributed by atoms with Crippen LogP contribution in [0.1, 0.15) is 12.8 Å². The summed E-state index contributed by atoms with van der Waals surface area (Å²) in [6.07, 6.45) is 3.61. The molecule has 0 aromatic carbocycles. The van der Waals surface area contributed by atoms with Gasteiger partial charge >= 0.3 is 15.6 Å². The van der Waals surface area contributed by atoms with E-state index in [1.54, 1.807) is 0 Å². The summed E-state index contributed by atoms with van der Waals surface area (Å²) in [6, 6.07) is 0. The van der Waals surface area contributed by atoms with Crippen molar-refractivity contribution in [1.82, 2.24) is 0 Å². The summed E-state index contributed by atoms with van der Waals surface area (Å²) in [5.74, 6) is 2.50. The Kier molecular flexibility index (Phi) is 4.76. The molecule has 0 atom stereocenters. The molecule has 0 saturated heterocycles. The van der Waals surface area contributed by atoms with Crippen LogP contribution in [-0.4, -0.2) is 22.0 Å². The van der Waals surface area contributed by atoms with E-state index < -0.39 is 23.7 Å². The van der Waals surface area contributed by atoms with Crippen molar-refractivity contribution in [3.8, 4) is 11.5 Å². The van der Waals surface area contributed by atoms with E-state index >= 15 is 0 Å². The molecular formula is C12H15F3O3SSi. The summed E-state index contributed by atoms with van der Waals surface area (Å²) in [6.45, 7) is 6.07. The molecule has 0 aliphatic heterocycles. The summed E-state index contributed by atoms with van der Waals surface area (Å²) >= 11 is 0. The Morgan fingerprint density at radius 1 is 1.35 bits per heavy atom. The van der Waals surface area contributed by atoms with Crippen LogP contribution in [0, 0.1) is 11.5 Å². The normalized spacial score (nSPS) is 18.5. The second-order valence-electron chi connectivity index (χ2n) is 5.28. The molecule has 1 aliphatic rings. The maximum Gasteiger partial charge on any atom is 0.534 e. The Morgan fingerprint density at radius 2 is 1.95 bits per heavy atom. The predicted octanol–water partition coefficient (Wildman–Crippen LogP) is 3.34. The Balaban J connectivity index is 2.92. The molecule has 0 aromatic rings. The van der Waals surface area contributed by atoms with Crippen LogP contribution in [0.4, 0.5) is 13.2 Å². The monoisotopic (exact) mass is 324 g/mol. The van der Waals surface area contributed by atoms with Crippen molar-refractivity contribution >= 4 is 18.2 Å². The first-order chi connectivity index (χ1) is 8.92. The molecule has 0 amide bonds. The molecular weight excluding hydrogens is 309 g/mol. The topological polar surface area (TPSA) is 43.4 Å². The lowest BCUT2D eigenvalue weighted by molar-refractivity contribution is -0.0520. The van der Waals surface area contributed by atoms with Gasteiger partial charge in [0.05, 0.1) is 0 Å². The van der Waals surface area contributed by atoms with Crippen molar-refractivity contribution in [3.63, 3.8) is 0 Å². The van der Waals surface area contributed by atoms with E-state index in [1.165, 1.54) is 12.2 Å². The van der Waals surface area contributed by atoms with Gasteiger partial charge in [-0.3, -0.25) is 0 Å². The van der Waals surface area contributed by atoms with Crippen molar-refractivity contribution in [1.29, 1.82) is 0 Å². The summed E-state index contributed by atoms with van der Waals surface area (Å²) in [4.78, 5) is 0. The number of rotatable bonds is 2. The van der Waals surface area contributed by atoms with Crippen molar-refractivity contribution in [3.05, 3.63) is 23.5 Å². The van der Waals surface area contributed by atoms with Crippen LogP contribution in [0.3, 0.4) is 0 Å². The molecule has 0 aromatic heterocycles. The smallest absolute Gasteiger partial charge is 0.376 e. The van der Waals surface area contributed by atoms with Gasteiger partial charge < -0.3 is 4.18 Å². The lowest BCUT2D eigenvalue weighted by atomic mass is 10.2. The first-order valence-corrected chi connectivity index (χ1v) is 10.8. The highest BCUT2D eigenvalue weighted by atomic mass is 32.2. The molecule has 3 nitrogen and oxygen atoms in total. The van der Waals surface area contributed by atoms with Crippen LogP contribution in [0.2, 0.25) is 19.6 Å². The van der Waals surface area contributed by atoms with E-state index in [9.17, 15) is 21.6 Å². The summed E-state index contributed by atoms with van der Waals surface area (Å²) < 4.78 is 62.7. The van der Waals surface area contributed by atoms with Gasteiger partial charge in [-0.2, -0.15) is 21.6 Å². The van der Waals surface area contributed by atoms with Crippen molar-refractivity contribution in [2.24, 2.45) is 0 Å². The van der Waals surface area contributed by atoms with Crippen LogP contribution >= 0.6 is 0 Å². The average Bonchev–Trinajstić information content (AvgIpc) is 2.61. The third kappa shape index (κ3) is 4.72. The fraction of sp³-hybridized carbons (Fsp3) is 0.500. The molecule has 8 heteroatoms. The van der Waals surface area contributed by atoms with Gasteiger partial charge in [-0.25, -0.2) is 0 Å². The highest BCUT2D eigenvalue weighted by molar-refractivity contribution is 7.87. The van der Waals surface area contributed by atoms with Crippen LogP contribution < -0.4 is 0 Å². The zero-order chi connectivity index (χ0) is 15.6. The zero-order valence-corrected chi connectivity index (χ0v) is 13.2. The second kappa shape index (κ2) is 5.66. The summed E-state index contributed by atoms with van der Waals surface area (Å²) in [5, 5.41) is 0. The number of hydrogen-bond acceptors (Lipinski definition) is 3. The third-order valence-corrected chi connectivity index (χ3v) is 4.10. The minimum Gasteiger partial charge on any atom is -0.376 e. The molecule has 112 valence electrons. The van der Waals surface area contributed by atoms with Crippen LogP contribution in [-0.2, 0) is 14.3 Å². The van der Waals surface area contributed by atoms with Gasteiger partial charge in [-0.1, -0.05) is 25.6 Å². The lowest BCUT2D eigenvalue weighted by Crippen LogP contribution is -2.25. The second-order valence-corrected chi connectivity index (χ2v) is 11.6. The van der Waals surface area contributed by atoms with Gasteiger partial charge in [0.25, 0.3) is 0 Å². The van der Waals surface area contributed by atoms with Gasteiger partial charge in [0.15, 0.2) is 0 Å². The van der Waals surface area contributed by atoms with E-state index in [2.05, 4.69) is 15.6 Å². The maximum atomic E-state index is 12.2. The van der Waals surface area contributed by atoms with E-state index in [0.29, 0.717) is 18.4 Å². The maximum absolute atomic E-state index is 12.2. The Morgan fingerprint density at radius 3 is 2.45 bits per heavy atom. The summed E-state index contributed by atoms with van der Waals surface area (Å²) in [5.41, 5.74) is -2.03. The lowest BCUT2D eigenvalue weighted by Gasteiger charge is -2.10. The van der Waals surface area contributed by atoms with Gasteiger partial charge in [-0.05, 0) is 25.0 Å². The fourth-order valence-electron chi connectivity index (χ4n) is 1.35. The van der Waals surface area contributed by atoms with Gasteiger partial charge in [0, 0.05) is 5.57 Å². The number of alkyl halides is 3. The highest BCUT2D eigenvalue weighted by Gasteiger charge is 2.49. The standard InChI is InChI=1S/C12H15F3O3SSi/c1-20(2,3)9-5-7-10-6-4-8-11(10)18-19(16,17)12(13,14)15/h7-8H,4,6H2,1-3H3/b10-7-. The molecule has 0 fully saturated rings. The van der Waals surface area contributed by atoms with Crippen molar-refractivity contribution in [2.45, 2.75) is 38.0 Å². The minimum atomic E-state index is -5.62. The van der Waals surface area contributed by atoms with Crippen LogP contribution in [0.25, 0.3) is 0 Å². The van der Waals surface area contributed by atoms with E-state index in [1.807, 2.05) is 19.6 Å². The third-order valence-electron chi connectivity index (χ3n) is 2.24. The minimum absolute atomic E-state index is 0.271. The molecule has 0 spiro atoms. The predicted molar refractivity (Wildman–Crippen MR) is 72.6 cm³/mol. The number of hydrogen-bond donors (Lipinski definition) is 0. The molecule has 0 N–H and O–H groups in total. The summed E-state index contributed by atoms with van der Waals surface area (Å²) in [7, 11) is -7.21. The largest absolute Gasteiger partial charge is 0.534 e. The molecule has 0 unspecified atom stereocenters. The van der Waals surface area contributed by atoms with Crippen molar-refractivity contribution < 1.29 is 25.8 Å². The fourth-order valence-corrected chi connectivity index (χ4v) is 2.36. The van der Waals surface area contributed by atoms with Crippen LogP contribution in [0.5, 0.6) is 0 Å². The first-order valence-electron chi connectivity index (χ1n) is 5.85. The molecule has 20 heavy (non-hydrogen) atoms. The highest BCUT2D eigenvalue weighted by Crippen LogP contribution is 2.32. The van der Waals surface area contributed by atoms with Gasteiger partial charge in [-0.15, -0.1) is 5.54 Å². The molecule has 1 aliphatic carbocycles. The molecule has 0 bridgehead atoms. The quantitative estimate of drug-likeness (QED) is 0.339. The average molecular weight is 324 g/mol. The van der Waals surface area contributed by atoms with E-state index in [-0.39, 0.29) is 5.76 Å². The number of allylic oxidation sites excluding steroid dienone is 3. The van der Waals surface area contributed by atoms with E-state index in [0.717, 1.165) is 0 Å². The molecule has 0 heterocycles. The van der Waals surface area contributed by atoms with Gasteiger partial charge in [0.2, 0.25) is 0 Å². The molecule has 0 radical (unpaired) electrons. The van der Waals surface area contributed by atoms with Crippen LogP contribution in [0.15, 0.2) is 23.5 Å². The van der Waals surface area contributed by atoms with Gasteiger partial charge in [0.1, 0.15) is 13.8 Å². The van der Waals surface area contributed by atoms with Crippen molar-refractivity contribution in [2.75, 3.05) is 0 Å². The first kappa shape index (κ1) is 16.9. The number of halogens is 3. The molecule has 1 rings (SSSR count). The Hall–Kier alpha value is -1.20. The zero-order valence-electron chi connectivity index (χ0n) is 11.3.